The Morgan fingerprint density at radius 3 is 2.50 bits per heavy atom. The van der Waals surface area contributed by atoms with Crippen molar-refractivity contribution in [3.05, 3.63) is 88.3 Å². The van der Waals surface area contributed by atoms with Gasteiger partial charge in [-0.15, -0.1) is 0 Å². The van der Waals surface area contributed by atoms with E-state index in [-0.39, 0.29) is 17.1 Å². The van der Waals surface area contributed by atoms with Gasteiger partial charge in [0.2, 0.25) is 5.76 Å². The molecule has 0 aliphatic carbocycles. The maximum atomic E-state index is 13.5. The average molecular weight is 434 g/mol. The number of nitrogens with one attached hydrogen (secondary N) is 1. The van der Waals surface area contributed by atoms with Gasteiger partial charge < -0.3 is 19.0 Å². The van der Waals surface area contributed by atoms with Gasteiger partial charge in [0.1, 0.15) is 17.9 Å². The second-order valence-electron chi connectivity index (χ2n) is 7.95. The summed E-state index contributed by atoms with van der Waals surface area (Å²) in [6.07, 6.45) is 1.69. The van der Waals surface area contributed by atoms with Crippen LogP contribution < -0.4 is 15.1 Å². The van der Waals surface area contributed by atoms with Gasteiger partial charge in [0.15, 0.2) is 5.43 Å². The zero-order valence-electron chi connectivity index (χ0n) is 18.6. The zero-order chi connectivity index (χ0) is 22.7. The SMILES string of the molecule is C=CCOc1ccc([C@@H]2c3c(oc4ccccc4c3=O)C(=O)N2CC[NH+](CC)CC)cc1. The molecule has 32 heavy (non-hydrogen) atoms. The minimum absolute atomic E-state index is 0.148. The highest BCUT2D eigenvalue weighted by molar-refractivity contribution is 5.99. The number of ether oxygens (including phenoxy) is 1. The maximum Gasteiger partial charge on any atom is 0.291 e. The summed E-state index contributed by atoms with van der Waals surface area (Å²) in [6.45, 7) is 11.7. The van der Waals surface area contributed by atoms with Gasteiger partial charge in [-0.3, -0.25) is 9.59 Å². The van der Waals surface area contributed by atoms with Crippen LogP contribution in [0.2, 0.25) is 0 Å². The van der Waals surface area contributed by atoms with Crippen LogP contribution in [0.3, 0.4) is 0 Å². The Kier molecular flexibility index (Phi) is 6.42. The molecule has 0 unspecified atom stereocenters. The van der Waals surface area contributed by atoms with Crippen molar-refractivity contribution in [2.75, 3.05) is 32.8 Å². The summed E-state index contributed by atoms with van der Waals surface area (Å²) in [6, 6.07) is 14.2. The molecule has 0 spiro atoms. The van der Waals surface area contributed by atoms with Crippen LogP contribution in [0.1, 0.15) is 41.6 Å². The molecule has 1 atom stereocenters. The van der Waals surface area contributed by atoms with Crippen molar-refractivity contribution < 1.29 is 18.8 Å². The highest BCUT2D eigenvalue weighted by Gasteiger charge is 2.42. The van der Waals surface area contributed by atoms with E-state index in [1.165, 1.54) is 4.90 Å². The Morgan fingerprint density at radius 2 is 1.81 bits per heavy atom. The first kappa shape index (κ1) is 21.8. The Morgan fingerprint density at radius 1 is 1.09 bits per heavy atom. The van der Waals surface area contributed by atoms with Crippen molar-refractivity contribution in [1.29, 1.82) is 0 Å². The normalized spacial score (nSPS) is 15.4. The van der Waals surface area contributed by atoms with E-state index < -0.39 is 6.04 Å². The Balaban J connectivity index is 1.79. The van der Waals surface area contributed by atoms with Crippen LogP contribution >= 0.6 is 0 Å². The van der Waals surface area contributed by atoms with Gasteiger partial charge in [-0.1, -0.05) is 36.9 Å². The fourth-order valence-electron chi connectivity index (χ4n) is 4.33. The van der Waals surface area contributed by atoms with Crippen LogP contribution in [0.25, 0.3) is 11.0 Å². The number of carbonyl (C=O) groups excluding carboxylic acids is 1. The molecule has 0 fully saturated rings. The van der Waals surface area contributed by atoms with E-state index in [4.69, 9.17) is 9.15 Å². The highest BCUT2D eigenvalue weighted by atomic mass is 16.5. The van der Waals surface area contributed by atoms with Crippen molar-refractivity contribution in [2.24, 2.45) is 0 Å². The minimum atomic E-state index is -0.484. The molecule has 6 heteroatoms. The summed E-state index contributed by atoms with van der Waals surface area (Å²) in [5.74, 6) is 0.634. The van der Waals surface area contributed by atoms with Gasteiger partial charge in [-0.25, -0.2) is 0 Å². The third-order valence-corrected chi connectivity index (χ3v) is 6.14. The predicted molar refractivity (Wildman–Crippen MR) is 124 cm³/mol. The second kappa shape index (κ2) is 9.40. The lowest BCUT2D eigenvalue weighted by Crippen LogP contribution is -3.12. The lowest BCUT2D eigenvalue weighted by Gasteiger charge is -2.27. The molecule has 4 rings (SSSR count). The molecule has 0 saturated carbocycles. The molecule has 2 aromatic carbocycles. The van der Waals surface area contributed by atoms with E-state index in [2.05, 4.69) is 20.4 Å². The number of likely N-dealkylation sites (N-methyl/N-ethyl adjacent to an activating group) is 1. The van der Waals surface area contributed by atoms with Crippen LogP contribution in [0.15, 0.2) is 70.4 Å². The van der Waals surface area contributed by atoms with Crippen LogP contribution in [0.4, 0.5) is 0 Å². The topological polar surface area (TPSA) is 64.2 Å². The standard InChI is InChI=1S/C26H28N2O4/c1-4-17-31-19-13-11-18(12-14-19)23-22-24(29)20-9-7-8-10-21(20)32-25(22)26(30)28(23)16-15-27(5-2)6-3/h4,7-14,23H,1,5-6,15-17H2,2-3H3/p+1/t23-/m1/s1. The largest absolute Gasteiger partial charge is 0.490 e. The zero-order valence-corrected chi connectivity index (χ0v) is 18.6. The fourth-order valence-corrected chi connectivity index (χ4v) is 4.33. The first-order valence-corrected chi connectivity index (χ1v) is 11.1. The monoisotopic (exact) mass is 433 g/mol. The summed E-state index contributed by atoms with van der Waals surface area (Å²) in [4.78, 5) is 30.1. The van der Waals surface area contributed by atoms with Crippen molar-refractivity contribution in [3.8, 4) is 5.75 Å². The third-order valence-electron chi connectivity index (χ3n) is 6.14. The fraction of sp³-hybridized carbons (Fsp3) is 0.308. The Hall–Kier alpha value is -3.38. The number of para-hydroxylation sites is 1. The molecule has 6 nitrogen and oxygen atoms in total. The summed E-state index contributed by atoms with van der Waals surface area (Å²) in [5, 5.41) is 0.492. The molecular formula is C26H29N2O4+. The number of nitrogens with zero attached hydrogens (tertiary/aromatic N) is 1. The van der Waals surface area contributed by atoms with Gasteiger partial charge >= 0.3 is 0 Å². The van der Waals surface area contributed by atoms with Crippen LogP contribution in [-0.4, -0.2) is 43.6 Å². The van der Waals surface area contributed by atoms with Gasteiger partial charge in [0, 0.05) is 0 Å². The Bertz CT molecular complexity index is 1180. The van der Waals surface area contributed by atoms with Crippen LogP contribution in [0.5, 0.6) is 5.75 Å². The number of carbonyl (C=O) groups is 1. The number of amides is 1. The first-order valence-electron chi connectivity index (χ1n) is 11.1. The van der Waals surface area contributed by atoms with Gasteiger partial charge in [-0.05, 0) is 43.7 Å². The van der Waals surface area contributed by atoms with Crippen LogP contribution in [-0.2, 0) is 0 Å². The number of hydrogen-bond acceptors (Lipinski definition) is 4. The van der Waals surface area contributed by atoms with E-state index in [1.54, 1.807) is 29.2 Å². The van der Waals surface area contributed by atoms with Crippen LogP contribution in [0, 0.1) is 0 Å². The lowest BCUT2D eigenvalue weighted by atomic mass is 9.98. The average Bonchev–Trinajstić information content (AvgIpc) is 3.10. The number of rotatable bonds is 9. The summed E-state index contributed by atoms with van der Waals surface area (Å²) in [7, 11) is 0. The quantitative estimate of drug-likeness (QED) is 0.527. The predicted octanol–water partition coefficient (Wildman–Crippen LogP) is 2.83. The maximum absolute atomic E-state index is 13.5. The van der Waals surface area contributed by atoms with E-state index in [0.29, 0.717) is 35.4 Å². The smallest absolute Gasteiger partial charge is 0.291 e. The third kappa shape index (κ3) is 3.94. The molecule has 3 aromatic rings. The second-order valence-corrected chi connectivity index (χ2v) is 7.95. The number of hydrogen-bond donors (Lipinski definition) is 1. The number of benzene rings is 2. The molecule has 1 aromatic heterocycles. The molecule has 0 radical (unpaired) electrons. The summed E-state index contributed by atoms with van der Waals surface area (Å²) >= 11 is 0. The van der Waals surface area contributed by atoms with Gasteiger partial charge in [-0.2, -0.15) is 0 Å². The number of fused-ring (bicyclic) bond motifs is 2. The van der Waals surface area contributed by atoms with E-state index >= 15 is 0 Å². The van der Waals surface area contributed by atoms with E-state index in [1.807, 2.05) is 30.3 Å². The number of quaternary nitrogens is 1. The summed E-state index contributed by atoms with van der Waals surface area (Å²) < 4.78 is 11.6. The van der Waals surface area contributed by atoms with Gasteiger partial charge in [0.05, 0.1) is 43.2 Å². The molecule has 1 aliphatic rings. The molecule has 1 amide bonds. The lowest BCUT2D eigenvalue weighted by molar-refractivity contribution is -0.895. The molecular weight excluding hydrogens is 404 g/mol. The van der Waals surface area contributed by atoms with Crippen molar-refractivity contribution >= 4 is 16.9 Å². The van der Waals surface area contributed by atoms with Crippen molar-refractivity contribution in [1.82, 2.24) is 4.90 Å². The minimum Gasteiger partial charge on any atom is -0.490 e. The molecule has 1 N–H and O–H groups in total. The molecule has 0 saturated heterocycles. The first-order chi connectivity index (χ1) is 15.6. The molecule has 0 bridgehead atoms. The highest BCUT2D eigenvalue weighted by Crippen LogP contribution is 2.38. The van der Waals surface area contributed by atoms with E-state index in [0.717, 1.165) is 25.2 Å². The van der Waals surface area contributed by atoms with Gasteiger partial charge in [0.25, 0.3) is 5.91 Å². The molecule has 1 aliphatic heterocycles. The Labute approximate surface area is 187 Å². The van der Waals surface area contributed by atoms with E-state index in [9.17, 15) is 9.59 Å². The molecule has 2 heterocycles. The summed E-state index contributed by atoms with van der Waals surface area (Å²) in [5.41, 5.74) is 1.57. The molecule has 166 valence electrons. The van der Waals surface area contributed by atoms with Crippen molar-refractivity contribution in [2.45, 2.75) is 19.9 Å². The van der Waals surface area contributed by atoms with Crippen molar-refractivity contribution in [3.63, 3.8) is 0 Å².